The van der Waals surface area contributed by atoms with E-state index in [4.69, 9.17) is 9.47 Å². The number of thiazole rings is 1. The summed E-state index contributed by atoms with van der Waals surface area (Å²) in [7, 11) is 0. The first-order valence-corrected chi connectivity index (χ1v) is 8.69. The highest BCUT2D eigenvalue weighted by molar-refractivity contribution is 7.09. The molecule has 1 aromatic carbocycles. The smallest absolute Gasteiger partial charge is 0.345 e. The number of hydrogen-bond donors (Lipinski definition) is 0. The summed E-state index contributed by atoms with van der Waals surface area (Å²) in [6, 6.07) is 4.50. The number of anilines is 1. The van der Waals surface area contributed by atoms with E-state index >= 15 is 0 Å². The van der Waals surface area contributed by atoms with Crippen LogP contribution in [0.25, 0.3) is 0 Å². The number of aromatic nitrogens is 1. The van der Waals surface area contributed by atoms with Crippen LogP contribution in [-0.4, -0.2) is 42.2 Å². The summed E-state index contributed by atoms with van der Waals surface area (Å²) in [4.78, 5) is 29.0. The molecule has 1 aliphatic rings. The lowest BCUT2D eigenvalue weighted by molar-refractivity contribution is -0.385. The summed E-state index contributed by atoms with van der Waals surface area (Å²) in [5.74, 6) is -0.694. The van der Waals surface area contributed by atoms with Crippen LogP contribution in [0.2, 0.25) is 0 Å². The van der Waals surface area contributed by atoms with E-state index in [1.165, 1.54) is 23.5 Å². The Kier molecular flexibility index (Phi) is 5.25. The minimum absolute atomic E-state index is 0.0401. The number of esters is 1. The molecule has 0 spiro atoms. The Morgan fingerprint density at radius 1 is 1.56 bits per heavy atom. The van der Waals surface area contributed by atoms with E-state index in [0.29, 0.717) is 19.7 Å². The molecule has 1 unspecified atom stereocenters. The molecule has 2 aromatic rings. The quantitative estimate of drug-likeness (QED) is 0.458. The third-order valence-electron chi connectivity index (χ3n) is 3.83. The van der Waals surface area contributed by atoms with Gasteiger partial charge in [0.2, 0.25) is 0 Å². The van der Waals surface area contributed by atoms with E-state index in [0.717, 1.165) is 10.7 Å². The summed E-state index contributed by atoms with van der Waals surface area (Å²) in [5, 5.41) is 14.0. The molecule has 0 saturated carbocycles. The fourth-order valence-corrected chi connectivity index (χ4v) is 3.36. The van der Waals surface area contributed by atoms with Crippen LogP contribution < -0.4 is 4.90 Å². The molecule has 0 bridgehead atoms. The molecule has 9 heteroatoms. The van der Waals surface area contributed by atoms with Crippen LogP contribution in [0.3, 0.4) is 0 Å². The first kappa shape index (κ1) is 17.3. The van der Waals surface area contributed by atoms with Gasteiger partial charge in [0.15, 0.2) is 0 Å². The molecule has 0 amide bonds. The maximum Gasteiger partial charge on any atom is 0.345 e. The van der Waals surface area contributed by atoms with Crippen molar-refractivity contribution in [1.82, 2.24) is 4.98 Å². The Morgan fingerprint density at radius 3 is 3.08 bits per heavy atom. The predicted molar refractivity (Wildman–Crippen MR) is 92.1 cm³/mol. The summed E-state index contributed by atoms with van der Waals surface area (Å²) in [6.07, 6.45) is 1.57. The van der Waals surface area contributed by atoms with Crippen LogP contribution in [0, 0.1) is 10.1 Å². The molecule has 3 rings (SSSR count). The molecule has 0 radical (unpaired) electrons. The van der Waals surface area contributed by atoms with Crippen LogP contribution in [0.15, 0.2) is 29.8 Å². The topological polar surface area (TPSA) is 94.8 Å². The fraction of sp³-hybridized carbons (Fsp3) is 0.375. The molecular weight excluding hydrogens is 346 g/mol. The molecule has 8 nitrogen and oxygen atoms in total. The summed E-state index contributed by atoms with van der Waals surface area (Å²) >= 11 is 1.52. The molecule has 25 heavy (non-hydrogen) atoms. The van der Waals surface area contributed by atoms with Gasteiger partial charge in [-0.05, 0) is 19.1 Å². The average Bonchev–Trinajstić information content (AvgIpc) is 3.16. The summed E-state index contributed by atoms with van der Waals surface area (Å²) < 4.78 is 10.7. The van der Waals surface area contributed by atoms with Crippen LogP contribution >= 0.6 is 11.3 Å². The average molecular weight is 363 g/mol. The molecule has 1 aliphatic heterocycles. The van der Waals surface area contributed by atoms with Gasteiger partial charge in [-0.15, -0.1) is 11.3 Å². The molecule has 1 saturated heterocycles. The highest BCUT2D eigenvalue weighted by atomic mass is 32.1. The van der Waals surface area contributed by atoms with Crippen LogP contribution in [0.4, 0.5) is 11.4 Å². The Balaban J connectivity index is 1.87. The van der Waals surface area contributed by atoms with Gasteiger partial charge < -0.3 is 14.4 Å². The largest absolute Gasteiger partial charge is 0.462 e. The third kappa shape index (κ3) is 3.77. The van der Waals surface area contributed by atoms with Gasteiger partial charge in [0.1, 0.15) is 16.7 Å². The molecule has 2 heterocycles. The van der Waals surface area contributed by atoms with Gasteiger partial charge >= 0.3 is 5.97 Å². The zero-order chi connectivity index (χ0) is 17.8. The minimum Gasteiger partial charge on any atom is -0.462 e. The lowest BCUT2D eigenvalue weighted by atomic mass is 10.1. The van der Waals surface area contributed by atoms with Gasteiger partial charge in [-0.25, -0.2) is 9.78 Å². The number of carbonyl (C=O) groups excluding carboxylic acids is 1. The number of hydrogen-bond acceptors (Lipinski definition) is 8. The van der Waals surface area contributed by atoms with Crippen molar-refractivity contribution in [3.8, 4) is 0 Å². The van der Waals surface area contributed by atoms with E-state index in [1.54, 1.807) is 19.2 Å². The molecule has 1 atom stereocenters. The lowest BCUT2D eigenvalue weighted by Crippen LogP contribution is -2.38. The van der Waals surface area contributed by atoms with Crippen molar-refractivity contribution >= 4 is 28.7 Å². The molecular formula is C16H17N3O5S. The zero-order valence-corrected chi connectivity index (χ0v) is 14.4. The van der Waals surface area contributed by atoms with E-state index in [2.05, 4.69) is 4.98 Å². The Bertz CT molecular complexity index is 765. The number of ether oxygens (including phenoxy) is 2. The summed E-state index contributed by atoms with van der Waals surface area (Å²) in [5.41, 5.74) is 0.423. The monoisotopic (exact) mass is 363 g/mol. The highest BCUT2D eigenvalue weighted by Gasteiger charge is 2.27. The van der Waals surface area contributed by atoms with Crippen molar-refractivity contribution in [2.24, 2.45) is 0 Å². The molecule has 1 fully saturated rings. The Hall–Kier alpha value is -2.52. The van der Waals surface area contributed by atoms with Crippen LogP contribution in [-0.2, 0) is 9.47 Å². The van der Waals surface area contributed by atoms with E-state index in [1.807, 2.05) is 10.3 Å². The highest BCUT2D eigenvalue weighted by Crippen LogP contribution is 2.30. The van der Waals surface area contributed by atoms with Gasteiger partial charge in [0, 0.05) is 29.9 Å². The normalized spacial score (nSPS) is 17.3. The van der Waals surface area contributed by atoms with Crippen molar-refractivity contribution in [1.29, 1.82) is 0 Å². The van der Waals surface area contributed by atoms with E-state index in [9.17, 15) is 14.9 Å². The first-order valence-electron chi connectivity index (χ1n) is 7.81. The standard InChI is InChI=1S/C16H17N3O5S/c1-2-23-16(20)12-9-11(3-4-13(12)19(21)22)18-6-7-24-14(10-18)15-17-5-8-25-15/h3-5,8-9,14H,2,6-7,10H2,1H3. The van der Waals surface area contributed by atoms with Gasteiger partial charge in [-0.2, -0.15) is 0 Å². The minimum atomic E-state index is -0.694. The van der Waals surface area contributed by atoms with Crippen molar-refractivity contribution in [3.05, 3.63) is 50.5 Å². The number of nitro groups is 1. The lowest BCUT2D eigenvalue weighted by Gasteiger charge is -2.33. The van der Waals surface area contributed by atoms with E-state index < -0.39 is 10.9 Å². The zero-order valence-electron chi connectivity index (χ0n) is 13.6. The molecule has 1 aromatic heterocycles. The summed E-state index contributed by atoms with van der Waals surface area (Å²) in [6.45, 7) is 3.52. The van der Waals surface area contributed by atoms with Gasteiger partial charge in [0.05, 0.1) is 24.7 Å². The van der Waals surface area contributed by atoms with Gasteiger partial charge in [-0.3, -0.25) is 10.1 Å². The SMILES string of the molecule is CCOC(=O)c1cc(N2CCOC(c3nccs3)C2)ccc1[N+](=O)[O-]. The number of morpholine rings is 1. The van der Waals surface area contributed by atoms with Crippen LogP contribution in [0.1, 0.15) is 28.4 Å². The second-order valence-electron chi connectivity index (χ2n) is 5.35. The molecule has 132 valence electrons. The Labute approximate surface area is 148 Å². The predicted octanol–water partition coefficient (Wildman–Crippen LogP) is 2.81. The second kappa shape index (κ2) is 7.58. The fourth-order valence-electron chi connectivity index (χ4n) is 2.68. The van der Waals surface area contributed by atoms with Gasteiger partial charge in [0.25, 0.3) is 5.69 Å². The molecule has 0 N–H and O–H groups in total. The number of benzene rings is 1. The third-order valence-corrected chi connectivity index (χ3v) is 4.70. The maximum absolute atomic E-state index is 12.1. The van der Waals surface area contributed by atoms with Crippen molar-refractivity contribution < 1.29 is 19.2 Å². The van der Waals surface area contributed by atoms with Crippen molar-refractivity contribution in [3.63, 3.8) is 0 Å². The number of carbonyl (C=O) groups is 1. The van der Waals surface area contributed by atoms with Gasteiger partial charge in [-0.1, -0.05) is 0 Å². The van der Waals surface area contributed by atoms with E-state index in [-0.39, 0.29) is 24.0 Å². The Morgan fingerprint density at radius 2 is 2.40 bits per heavy atom. The van der Waals surface area contributed by atoms with Crippen LogP contribution in [0.5, 0.6) is 0 Å². The second-order valence-corrected chi connectivity index (χ2v) is 6.28. The van der Waals surface area contributed by atoms with Crippen molar-refractivity contribution in [2.45, 2.75) is 13.0 Å². The number of nitrogens with zero attached hydrogens (tertiary/aromatic N) is 3. The molecule has 0 aliphatic carbocycles. The number of rotatable bonds is 5. The maximum atomic E-state index is 12.1. The number of nitro benzene ring substituents is 1. The first-order chi connectivity index (χ1) is 12.1. The van der Waals surface area contributed by atoms with Crippen molar-refractivity contribution in [2.75, 3.05) is 31.2 Å².